The van der Waals surface area contributed by atoms with E-state index in [1.54, 1.807) is 0 Å². The van der Waals surface area contributed by atoms with Gasteiger partial charge in [0.05, 0.1) is 0 Å². The topological polar surface area (TPSA) is 38.8 Å². The average Bonchev–Trinajstić information content (AvgIpc) is 2.49. The first-order chi connectivity index (χ1) is 10.1. The Morgan fingerprint density at radius 1 is 1.05 bits per heavy atom. The molecule has 0 aromatic rings. The van der Waals surface area contributed by atoms with Crippen LogP contribution in [0.3, 0.4) is 0 Å². The zero-order chi connectivity index (χ0) is 15.2. The van der Waals surface area contributed by atoms with Gasteiger partial charge in [0.1, 0.15) is 0 Å². The molecule has 21 heavy (non-hydrogen) atoms. The molecule has 0 saturated carbocycles. The van der Waals surface area contributed by atoms with Crippen molar-refractivity contribution in [1.82, 2.24) is 20.0 Å². The van der Waals surface area contributed by atoms with E-state index in [2.05, 4.69) is 35.9 Å². The summed E-state index contributed by atoms with van der Waals surface area (Å²) in [5.41, 5.74) is 0. The molecule has 0 unspecified atom stereocenters. The molecule has 0 spiro atoms. The van der Waals surface area contributed by atoms with Gasteiger partial charge in [0.25, 0.3) is 0 Å². The lowest BCUT2D eigenvalue weighted by Crippen LogP contribution is -2.54. The van der Waals surface area contributed by atoms with Crippen LogP contribution in [0, 0.1) is 5.92 Å². The quantitative estimate of drug-likeness (QED) is 0.853. The van der Waals surface area contributed by atoms with Crippen molar-refractivity contribution in [2.24, 2.45) is 5.92 Å². The smallest absolute Gasteiger partial charge is 0.317 e. The lowest BCUT2D eigenvalue weighted by Gasteiger charge is -2.37. The molecule has 0 aliphatic carbocycles. The first kappa shape index (κ1) is 16.6. The number of nitrogens with zero attached hydrogens (tertiary/aromatic N) is 3. The molecule has 2 amide bonds. The van der Waals surface area contributed by atoms with Gasteiger partial charge in [-0.05, 0) is 25.3 Å². The number of hydrogen-bond acceptors (Lipinski definition) is 3. The number of urea groups is 1. The highest BCUT2D eigenvalue weighted by Crippen LogP contribution is 2.13. The summed E-state index contributed by atoms with van der Waals surface area (Å²) in [6.07, 6.45) is 2.18. The lowest BCUT2D eigenvalue weighted by molar-refractivity contribution is 0.133. The molecule has 5 heteroatoms. The van der Waals surface area contributed by atoms with Gasteiger partial charge in [-0.2, -0.15) is 0 Å². The van der Waals surface area contributed by atoms with Crippen LogP contribution in [0.15, 0.2) is 0 Å². The molecule has 0 atom stereocenters. The number of hydrogen-bond donors (Lipinski definition) is 1. The van der Waals surface area contributed by atoms with Crippen molar-refractivity contribution in [2.45, 2.75) is 39.7 Å². The third-order valence-electron chi connectivity index (χ3n) is 4.65. The molecule has 122 valence electrons. The summed E-state index contributed by atoms with van der Waals surface area (Å²) in [5.74, 6) is 0.728. The third-order valence-corrected chi connectivity index (χ3v) is 4.65. The fraction of sp³-hybridized carbons (Fsp3) is 0.938. The van der Waals surface area contributed by atoms with Crippen molar-refractivity contribution in [3.63, 3.8) is 0 Å². The number of likely N-dealkylation sites (tertiary alicyclic amines) is 1. The SMILES string of the molecule is CCN1CCN(C(=O)NC2CCN(CC(C)C)CC2)CC1. The second kappa shape index (κ2) is 7.99. The van der Waals surface area contributed by atoms with Crippen molar-refractivity contribution in [1.29, 1.82) is 0 Å². The van der Waals surface area contributed by atoms with Gasteiger partial charge in [-0.15, -0.1) is 0 Å². The Morgan fingerprint density at radius 2 is 1.67 bits per heavy atom. The van der Waals surface area contributed by atoms with E-state index in [1.165, 1.54) is 6.54 Å². The minimum absolute atomic E-state index is 0.146. The van der Waals surface area contributed by atoms with Gasteiger partial charge in [-0.1, -0.05) is 20.8 Å². The van der Waals surface area contributed by atoms with Crippen molar-refractivity contribution in [2.75, 3.05) is 52.4 Å². The van der Waals surface area contributed by atoms with Crippen LogP contribution in [0.5, 0.6) is 0 Å². The Balaban J connectivity index is 1.67. The molecule has 2 rings (SSSR count). The molecule has 5 nitrogen and oxygen atoms in total. The van der Waals surface area contributed by atoms with Gasteiger partial charge >= 0.3 is 6.03 Å². The van der Waals surface area contributed by atoms with Crippen molar-refractivity contribution >= 4 is 6.03 Å². The second-order valence-electron chi connectivity index (χ2n) is 6.84. The fourth-order valence-corrected chi connectivity index (χ4v) is 3.31. The highest BCUT2D eigenvalue weighted by molar-refractivity contribution is 5.74. The zero-order valence-electron chi connectivity index (χ0n) is 14.0. The summed E-state index contributed by atoms with van der Waals surface area (Å²) >= 11 is 0. The fourth-order valence-electron chi connectivity index (χ4n) is 3.31. The largest absolute Gasteiger partial charge is 0.335 e. The molecule has 2 aliphatic rings. The van der Waals surface area contributed by atoms with Crippen LogP contribution in [-0.2, 0) is 0 Å². The van der Waals surface area contributed by atoms with Crippen LogP contribution < -0.4 is 5.32 Å². The summed E-state index contributed by atoms with van der Waals surface area (Å²) in [5, 5.41) is 3.24. The van der Waals surface area contributed by atoms with Gasteiger partial charge in [-0.25, -0.2) is 4.79 Å². The van der Waals surface area contributed by atoms with E-state index in [-0.39, 0.29) is 6.03 Å². The minimum Gasteiger partial charge on any atom is -0.335 e. The lowest BCUT2D eigenvalue weighted by atomic mass is 10.0. The number of likely N-dealkylation sites (N-methyl/N-ethyl adjacent to an activating group) is 1. The molecular formula is C16H32N4O. The molecule has 0 radical (unpaired) electrons. The zero-order valence-corrected chi connectivity index (χ0v) is 14.0. The van der Waals surface area contributed by atoms with Crippen LogP contribution in [-0.4, -0.2) is 79.1 Å². The Hall–Kier alpha value is -0.810. The number of carbonyl (C=O) groups is 1. The van der Waals surface area contributed by atoms with Crippen LogP contribution in [0.1, 0.15) is 33.6 Å². The molecule has 2 heterocycles. The summed E-state index contributed by atoms with van der Waals surface area (Å²) < 4.78 is 0. The highest BCUT2D eigenvalue weighted by Gasteiger charge is 2.25. The number of carbonyl (C=O) groups excluding carboxylic acids is 1. The van der Waals surface area contributed by atoms with Crippen molar-refractivity contribution in [3.8, 4) is 0 Å². The summed E-state index contributed by atoms with van der Waals surface area (Å²) in [7, 11) is 0. The first-order valence-electron chi connectivity index (χ1n) is 8.58. The van der Waals surface area contributed by atoms with Crippen molar-refractivity contribution in [3.05, 3.63) is 0 Å². The predicted molar refractivity (Wildman–Crippen MR) is 86.5 cm³/mol. The van der Waals surface area contributed by atoms with Crippen molar-refractivity contribution < 1.29 is 4.79 Å². The number of piperidine rings is 1. The van der Waals surface area contributed by atoms with E-state index in [4.69, 9.17) is 0 Å². The van der Waals surface area contributed by atoms with Crippen LogP contribution >= 0.6 is 0 Å². The molecule has 0 aromatic carbocycles. The van der Waals surface area contributed by atoms with Crippen LogP contribution in [0.2, 0.25) is 0 Å². The summed E-state index contributed by atoms with van der Waals surface area (Å²) in [4.78, 5) is 19.2. The summed E-state index contributed by atoms with van der Waals surface area (Å²) in [6.45, 7) is 15.0. The number of piperazine rings is 1. The Bertz CT molecular complexity index is 318. The molecule has 2 saturated heterocycles. The van der Waals surface area contributed by atoms with Gasteiger partial charge in [0, 0.05) is 51.9 Å². The van der Waals surface area contributed by atoms with E-state index < -0.39 is 0 Å². The van der Waals surface area contributed by atoms with E-state index in [1.807, 2.05) is 4.90 Å². The monoisotopic (exact) mass is 296 g/mol. The number of rotatable bonds is 4. The highest BCUT2D eigenvalue weighted by atomic mass is 16.2. The molecule has 1 N–H and O–H groups in total. The second-order valence-corrected chi connectivity index (χ2v) is 6.84. The number of amides is 2. The third kappa shape index (κ3) is 5.15. The maximum absolute atomic E-state index is 12.3. The Morgan fingerprint density at radius 3 is 2.19 bits per heavy atom. The van der Waals surface area contributed by atoms with Crippen LogP contribution in [0.4, 0.5) is 4.79 Å². The van der Waals surface area contributed by atoms with Crippen LogP contribution in [0.25, 0.3) is 0 Å². The first-order valence-corrected chi connectivity index (χ1v) is 8.58. The standard InChI is InChI=1S/C16H32N4O/c1-4-18-9-11-20(12-10-18)16(21)17-15-5-7-19(8-6-15)13-14(2)3/h14-15H,4-13H2,1-3H3,(H,17,21). The number of nitrogens with one attached hydrogen (secondary N) is 1. The summed E-state index contributed by atoms with van der Waals surface area (Å²) in [6, 6.07) is 0.512. The Kier molecular flexibility index (Phi) is 6.30. The van der Waals surface area contributed by atoms with Gasteiger partial charge < -0.3 is 20.0 Å². The minimum atomic E-state index is 0.146. The predicted octanol–water partition coefficient (Wildman–Crippen LogP) is 1.45. The van der Waals surface area contributed by atoms with Gasteiger partial charge in [0.2, 0.25) is 0 Å². The van der Waals surface area contributed by atoms with E-state index in [9.17, 15) is 4.79 Å². The maximum atomic E-state index is 12.3. The molecule has 2 fully saturated rings. The van der Waals surface area contributed by atoms with Gasteiger partial charge in [0.15, 0.2) is 0 Å². The van der Waals surface area contributed by atoms with E-state index in [0.717, 1.165) is 64.6 Å². The maximum Gasteiger partial charge on any atom is 0.317 e. The molecule has 0 aromatic heterocycles. The normalized spacial score (nSPS) is 22.8. The van der Waals surface area contributed by atoms with E-state index in [0.29, 0.717) is 6.04 Å². The Labute approximate surface area is 129 Å². The van der Waals surface area contributed by atoms with Gasteiger partial charge in [-0.3, -0.25) is 0 Å². The average molecular weight is 296 g/mol. The molecular weight excluding hydrogens is 264 g/mol. The molecule has 2 aliphatic heterocycles. The molecule has 0 bridgehead atoms. The van der Waals surface area contributed by atoms with E-state index >= 15 is 0 Å².